The molecular weight excluding hydrogens is 198 g/mol. The second-order valence-corrected chi connectivity index (χ2v) is 4.00. The van der Waals surface area contributed by atoms with Crippen LogP contribution in [0.1, 0.15) is 11.5 Å². The molecule has 1 heterocycles. The molecule has 0 amide bonds. The van der Waals surface area contributed by atoms with Crippen molar-refractivity contribution < 1.29 is 0 Å². The number of alkyl halides is 1. The molecule has 4 heteroatoms. The summed E-state index contributed by atoms with van der Waals surface area (Å²) >= 11 is 6.16. The summed E-state index contributed by atoms with van der Waals surface area (Å²) < 4.78 is 0. The molecule has 0 radical (unpaired) electrons. The number of nitrogens with one attached hydrogen (secondary N) is 1. The Labute approximate surface area is 87.7 Å². The second-order valence-electron chi connectivity index (χ2n) is 3.44. The van der Waals surface area contributed by atoms with Gasteiger partial charge in [-0.05, 0) is 0 Å². The molecule has 2 atom stereocenters. The fourth-order valence-electron chi connectivity index (χ4n) is 1.84. The molecule has 0 bridgehead atoms. The molecule has 1 aromatic carbocycles. The first-order valence-corrected chi connectivity index (χ1v) is 5.05. The number of nitrogens with zero attached hydrogens (tertiary/aromatic N) is 2. The standard InChI is InChI=1S/C10H11ClN3/c11-9-6-13-5-8(9)7-3-1-2-4-10(7)14-12/h1-4,8-9,13H,5-6H2/q+1. The highest BCUT2D eigenvalue weighted by atomic mass is 35.5. The Balaban J connectivity index is 2.36. The summed E-state index contributed by atoms with van der Waals surface area (Å²) in [5.74, 6) is 0.240. The number of benzene rings is 1. The van der Waals surface area contributed by atoms with E-state index in [9.17, 15) is 0 Å². The Hall–Kier alpha value is -1.11. The van der Waals surface area contributed by atoms with Crippen LogP contribution in [0.3, 0.4) is 0 Å². The SMILES string of the molecule is N#[N+]c1ccccc1C1CNCC1Cl. The van der Waals surface area contributed by atoms with Crippen molar-refractivity contribution in [1.29, 1.82) is 5.39 Å². The van der Waals surface area contributed by atoms with Gasteiger partial charge in [0.15, 0.2) is 4.98 Å². The van der Waals surface area contributed by atoms with Crippen LogP contribution in [0.5, 0.6) is 0 Å². The molecule has 1 saturated heterocycles. The van der Waals surface area contributed by atoms with Crippen molar-refractivity contribution in [3.8, 4) is 0 Å². The fourth-order valence-corrected chi connectivity index (χ4v) is 2.18. The van der Waals surface area contributed by atoms with Gasteiger partial charge in [-0.3, -0.25) is 0 Å². The molecular formula is C10H11ClN3+. The van der Waals surface area contributed by atoms with Crippen LogP contribution in [0, 0.1) is 5.39 Å². The molecule has 1 fully saturated rings. The molecule has 14 heavy (non-hydrogen) atoms. The number of hydrogen-bond donors (Lipinski definition) is 1. The minimum atomic E-state index is 0.0814. The summed E-state index contributed by atoms with van der Waals surface area (Å²) in [7, 11) is 0. The molecule has 1 aromatic rings. The molecule has 1 aliphatic rings. The second kappa shape index (κ2) is 3.95. The van der Waals surface area contributed by atoms with Gasteiger partial charge in [0.05, 0.1) is 10.9 Å². The van der Waals surface area contributed by atoms with Crippen molar-refractivity contribution in [2.75, 3.05) is 13.1 Å². The predicted octanol–water partition coefficient (Wildman–Crippen LogP) is 2.47. The molecule has 3 nitrogen and oxygen atoms in total. The van der Waals surface area contributed by atoms with Crippen molar-refractivity contribution in [3.05, 3.63) is 34.8 Å². The lowest BCUT2D eigenvalue weighted by Crippen LogP contribution is -2.09. The van der Waals surface area contributed by atoms with Gasteiger partial charge in [0, 0.05) is 25.1 Å². The van der Waals surface area contributed by atoms with Crippen LogP contribution in [0.4, 0.5) is 5.69 Å². The van der Waals surface area contributed by atoms with E-state index in [-0.39, 0.29) is 11.3 Å². The highest BCUT2D eigenvalue weighted by Gasteiger charge is 2.31. The summed E-state index contributed by atoms with van der Waals surface area (Å²) in [6.07, 6.45) is 0. The third-order valence-corrected chi connectivity index (χ3v) is 3.04. The van der Waals surface area contributed by atoms with E-state index in [2.05, 4.69) is 10.3 Å². The Morgan fingerprint density at radius 3 is 2.79 bits per heavy atom. The maximum absolute atomic E-state index is 8.83. The van der Waals surface area contributed by atoms with Crippen LogP contribution in [0.25, 0.3) is 4.98 Å². The Kier molecular flexibility index (Phi) is 2.67. The van der Waals surface area contributed by atoms with E-state index >= 15 is 0 Å². The Morgan fingerprint density at radius 2 is 2.14 bits per heavy atom. The van der Waals surface area contributed by atoms with Gasteiger partial charge in [-0.25, -0.2) is 0 Å². The van der Waals surface area contributed by atoms with Crippen LogP contribution in [-0.2, 0) is 0 Å². The Bertz CT molecular complexity index is 372. The summed E-state index contributed by atoms with van der Waals surface area (Å²) in [5.41, 5.74) is 1.63. The van der Waals surface area contributed by atoms with Gasteiger partial charge in [0.25, 0.3) is 0 Å². The Morgan fingerprint density at radius 1 is 1.36 bits per heavy atom. The molecule has 2 unspecified atom stereocenters. The summed E-state index contributed by atoms with van der Waals surface area (Å²) in [6, 6.07) is 7.54. The maximum Gasteiger partial charge on any atom is 0.388 e. The predicted molar refractivity (Wildman–Crippen MR) is 56.4 cm³/mol. The first-order valence-electron chi connectivity index (χ1n) is 4.61. The summed E-state index contributed by atoms with van der Waals surface area (Å²) in [5, 5.41) is 12.1. The van der Waals surface area contributed by atoms with Crippen LogP contribution < -0.4 is 5.32 Å². The van der Waals surface area contributed by atoms with Gasteiger partial charge in [0.2, 0.25) is 5.39 Å². The van der Waals surface area contributed by atoms with E-state index < -0.39 is 0 Å². The molecule has 0 aliphatic carbocycles. The van der Waals surface area contributed by atoms with E-state index in [0.29, 0.717) is 5.69 Å². The molecule has 0 aromatic heterocycles. The van der Waals surface area contributed by atoms with Crippen LogP contribution >= 0.6 is 11.6 Å². The first-order chi connectivity index (χ1) is 6.83. The number of halogens is 1. The quantitative estimate of drug-likeness (QED) is 0.569. The van der Waals surface area contributed by atoms with Crippen molar-refractivity contribution in [2.45, 2.75) is 11.3 Å². The van der Waals surface area contributed by atoms with Crippen LogP contribution in [0.15, 0.2) is 24.3 Å². The van der Waals surface area contributed by atoms with E-state index in [4.69, 9.17) is 17.0 Å². The van der Waals surface area contributed by atoms with Crippen molar-refractivity contribution in [2.24, 2.45) is 0 Å². The molecule has 0 spiro atoms. The monoisotopic (exact) mass is 208 g/mol. The van der Waals surface area contributed by atoms with Crippen molar-refractivity contribution >= 4 is 17.3 Å². The minimum absolute atomic E-state index is 0.0814. The molecule has 2 rings (SSSR count). The highest BCUT2D eigenvalue weighted by molar-refractivity contribution is 6.21. The van der Waals surface area contributed by atoms with Gasteiger partial charge in [-0.15, -0.1) is 11.6 Å². The third kappa shape index (κ3) is 1.59. The summed E-state index contributed by atoms with van der Waals surface area (Å²) in [6.45, 7) is 1.66. The summed E-state index contributed by atoms with van der Waals surface area (Å²) in [4.78, 5) is 3.26. The average molecular weight is 209 g/mol. The molecule has 1 aliphatic heterocycles. The first kappa shape index (κ1) is 9.45. The number of diazo groups is 1. The van der Waals surface area contributed by atoms with Crippen LogP contribution in [-0.4, -0.2) is 18.5 Å². The molecule has 1 N–H and O–H groups in total. The number of hydrogen-bond acceptors (Lipinski definition) is 2. The molecule has 0 saturated carbocycles. The zero-order chi connectivity index (χ0) is 9.97. The average Bonchev–Trinajstić information content (AvgIpc) is 2.64. The van der Waals surface area contributed by atoms with Crippen molar-refractivity contribution in [3.63, 3.8) is 0 Å². The van der Waals surface area contributed by atoms with Crippen LogP contribution in [0.2, 0.25) is 0 Å². The van der Waals surface area contributed by atoms with Gasteiger partial charge in [0.1, 0.15) is 0 Å². The van der Waals surface area contributed by atoms with E-state index in [1.54, 1.807) is 6.07 Å². The fraction of sp³-hybridized carbons (Fsp3) is 0.400. The zero-order valence-electron chi connectivity index (χ0n) is 7.65. The lowest BCUT2D eigenvalue weighted by Gasteiger charge is -2.09. The highest BCUT2D eigenvalue weighted by Crippen LogP contribution is 2.33. The normalized spacial score (nSPS) is 26.0. The third-order valence-electron chi connectivity index (χ3n) is 2.58. The van der Waals surface area contributed by atoms with Gasteiger partial charge in [-0.1, -0.05) is 18.2 Å². The van der Waals surface area contributed by atoms with Gasteiger partial charge < -0.3 is 5.32 Å². The minimum Gasteiger partial charge on any atom is -0.315 e. The van der Waals surface area contributed by atoms with E-state index in [1.807, 2.05) is 18.2 Å². The number of rotatable bonds is 1. The van der Waals surface area contributed by atoms with E-state index in [0.717, 1.165) is 18.7 Å². The van der Waals surface area contributed by atoms with Crippen molar-refractivity contribution in [1.82, 2.24) is 5.32 Å². The molecule has 72 valence electrons. The lowest BCUT2D eigenvalue weighted by molar-refractivity contribution is 0.771. The smallest absolute Gasteiger partial charge is 0.315 e. The lowest BCUT2D eigenvalue weighted by atomic mass is 9.96. The zero-order valence-corrected chi connectivity index (χ0v) is 8.41. The van der Waals surface area contributed by atoms with Gasteiger partial charge in [-0.2, -0.15) is 0 Å². The maximum atomic E-state index is 8.83. The van der Waals surface area contributed by atoms with Gasteiger partial charge >= 0.3 is 5.69 Å². The largest absolute Gasteiger partial charge is 0.388 e. The topological polar surface area (TPSA) is 40.2 Å². The van der Waals surface area contributed by atoms with E-state index in [1.165, 1.54) is 0 Å².